The maximum absolute atomic E-state index is 11.7. The Bertz CT molecular complexity index is 506. The number of H-pyrrole nitrogens is 1. The van der Waals surface area contributed by atoms with E-state index in [-0.39, 0.29) is 21.8 Å². The molecule has 1 aromatic heterocycles. The van der Waals surface area contributed by atoms with E-state index in [9.17, 15) is 9.59 Å². The molecule has 0 unspecified atom stereocenters. The first-order valence-electron chi connectivity index (χ1n) is 5.60. The lowest BCUT2D eigenvalue weighted by Gasteiger charge is -2.14. The zero-order valence-electron chi connectivity index (χ0n) is 8.83. The molecule has 4 nitrogen and oxygen atoms in total. The topological polar surface area (TPSA) is 54.9 Å². The van der Waals surface area contributed by atoms with Crippen molar-refractivity contribution in [2.75, 3.05) is 0 Å². The normalized spacial score (nSPS) is 22.1. The molecular weight excluding hydrogens is 228 g/mol. The molecule has 2 aliphatic rings. The summed E-state index contributed by atoms with van der Waals surface area (Å²) in [6, 6.07) is 1.27. The number of nitrogens with zero attached hydrogens (tertiary/aromatic N) is 1. The highest BCUT2D eigenvalue weighted by Crippen LogP contribution is 2.61. The molecule has 2 aliphatic carbocycles. The largest absolute Gasteiger partial charge is 0.329 e. The van der Waals surface area contributed by atoms with Gasteiger partial charge in [0.25, 0.3) is 5.56 Å². The van der Waals surface area contributed by atoms with Gasteiger partial charge in [0.05, 0.1) is 0 Å². The molecule has 1 heterocycles. The van der Waals surface area contributed by atoms with Crippen molar-refractivity contribution in [1.82, 2.24) is 9.55 Å². The number of halogens is 1. The van der Waals surface area contributed by atoms with Crippen molar-refractivity contribution in [2.24, 2.45) is 11.3 Å². The summed E-state index contributed by atoms with van der Waals surface area (Å²) in [6.45, 7) is 0.559. The van der Waals surface area contributed by atoms with Gasteiger partial charge in [-0.2, -0.15) is 0 Å². The summed E-state index contributed by atoms with van der Waals surface area (Å²) in [5.74, 6) is 0.731. The van der Waals surface area contributed by atoms with Gasteiger partial charge in [0.2, 0.25) is 0 Å². The quantitative estimate of drug-likeness (QED) is 0.812. The molecule has 0 bridgehead atoms. The molecule has 16 heavy (non-hydrogen) atoms. The summed E-state index contributed by atoms with van der Waals surface area (Å²) < 4.78 is 1.29. The molecule has 1 aromatic rings. The predicted octanol–water partition coefficient (Wildman–Crippen LogP) is 1.38. The number of hydrogen-bond acceptors (Lipinski definition) is 2. The van der Waals surface area contributed by atoms with Gasteiger partial charge in [-0.25, -0.2) is 4.79 Å². The van der Waals surface area contributed by atoms with E-state index in [0.717, 1.165) is 18.8 Å². The summed E-state index contributed by atoms with van der Waals surface area (Å²) >= 11 is 5.62. The van der Waals surface area contributed by atoms with Gasteiger partial charge in [-0.1, -0.05) is 11.6 Å². The van der Waals surface area contributed by atoms with Gasteiger partial charge in [-0.15, -0.1) is 0 Å². The SMILES string of the molecule is O=c1cc(Cl)[nH]c(=O)n1CC1(C2CC2)CC1. The summed E-state index contributed by atoms with van der Waals surface area (Å²) in [5, 5.41) is 0.113. The summed E-state index contributed by atoms with van der Waals surface area (Å²) in [5.41, 5.74) is -0.435. The zero-order chi connectivity index (χ0) is 11.3. The molecule has 1 N–H and O–H groups in total. The van der Waals surface area contributed by atoms with E-state index in [1.165, 1.54) is 23.5 Å². The van der Waals surface area contributed by atoms with Crippen molar-refractivity contribution in [2.45, 2.75) is 32.2 Å². The number of aromatic amines is 1. The highest BCUT2D eigenvalue weighted by molar-refractivity contribution is 6.29. The summed E-state index contributed by atoms with van der Waals surface area (Å²) in [6.07, 6.45) is 4.79. The third-order valence-corrected chi connectivity index (χ3v) is 4.00. The molecule has 5 heteroatoms. The molecule has 0 aliphatic heterocycles. The number of rotatable bonds is 3. The van der Waals surface area contributed by atoms with E-state index in [1.807, 2.05) is 0 Å². The van der Waals surface area contributed by atoms with Gasteiger partial charge in [-0.05, 0) is 37.0 Å². The van der Waals surface area contributed by atoms with Gasteiger partial charge in [0, 0.05) is 12.6 Å². The highest BCUT2D eigenvalue weighted by Gasteiger charge is 2.54. The second-order valence-electron chi connectivity index (χ2n) is 4.98. The Hall–Kier alpha value is -1.03. The predicted molar refractivity (Wildman–Crippen MR) is 60.7 cm³/mol. The smallest absolute Gasteiger partial charge is 0.298 e. The van der Waals surface area contributed by atoms with E-state index in [2.05, 4.69) is 4.98 Å². The van der Waals surface area contributed by atoms with Crippen LogP contribution in [0, 0.1) is 11.3 Å². The lowest BCUT2D eigenvalue weighted by molar-refractivity contribution is 0.356. The van der Waals surface area contributed by atoms with Gasteiger partial charge in [0.1, 0.15) is 5.15 Å². The van der Waals surface area contributed by atoms with E-state index in [1.54, 1.807) is 0 Å². The molecule has 3 rings (SSSR count). The second-order valence-corrected chi connectivity index (χ2v) is 5.39. The first kappa shape index (κ1) is 10.1. The number of hydrogen-bond donors (Lipinski definition) is 1. The first-order valence-corrected chi connectivity index (χ1v) is 5.98. The van der Waals surface area contributed by atoms with Crippen LogP contribution in [0.1, 0.15) is 25.7 Å². The van der Waals surface area contributed by atoms with Crippen molar-refractivity contribution in [3.05, 3.63) is 32.1 Å². The Labute approximate surface area is 97.2 Å². The third kappa shape index (κ3) is 1.61. The molecule has 86 valence electrons. The minimum absolute atomic E-state index is 0.113. The molecule has 0 amide bonds. The fraction of sp³-hybridized carbons (Fsp3) is 0.636. The van der Waals surface area contributed by atoms with Crippen LogP contribution < -0.4 is 11.2 Å². The Morgan fingerprint density at radius 3 is 2.62 bits per heavy atom. The Kier molecular flexibility index (Phi) is 2.05. The van der Waals surface area contributed by atoms with E-state index in [0.29, 0.717) is 6.54 Å². The highest BCUT2D eigenvalue weighted by atomic mass is 35.5. The number of nitrogens with one attached hydrogen (secondary N) is 1. The molecule has 0 aromatic carbocycles. The van der Waals surface area contributed by atoms with Crippen LogP contribution in [0.2, 0.25) is 5.15 Å². The third-order valence-electron chi connectivity index (χ3n) is 3.80. The Morgan fingerprint density at radius 2 is 2.12 bits per heavy atom. The van der Waals surface area contributed by atoms with Crippen molar-refractivity contribution in [3.63, 3.8) is 0 Å². The van der Waals surface area contributed by atoms with Crippen LogP contribution in [-0.2, 0) is 6.54 Å². The van der Waals surface area contributed by atoms with Gasteiger partial charge in [-0.3, -0.25) is 14.3 Å². The molecule has 0 radical (unpaired) electrons. The van der Waals surface area contributed by atoms with Crippen LogP contribution in [0.5, 0.6) is 0 Å². The lowest BCUT2D eigenvalue weighted by atomic mass is 10.0. The van der Waals surface area contributed by atoms with Crippen molar-refractivity contribution >= 4 is 11.6 Å². The van der Waals surface area contributed by atoms with Gasteiger partial charge < -0.3 is 0 Å². The molecule has 0 saturated heterocycles. The van der Waals surface area contributed by atoms with Crippen LogP contribution in [0.3, 0.4) is 0 Å². The second kappa shape index (κ2) is 3.23. The van der Waals surface area contributed by atoms with Crippen molar-refractivity contribution in [1.29, 1.82) is 0 Å². The van der Waals surface area contributed by atoms with Gasteiger partial charge in [0.15, 0.2) is 0 Å². The minimum atomic E-state index is -0.385. The first-order chi connectivity index (χ1) is 7.61. The fourth-order valence-electron chi connectivity index (χ4n) is 2.51. The minimum Gasteiger partial charge on any atom is -0.298 e. The van der Waals surface area contributed by atoms with Crippen LogP contribution in [0.4, 0.5) is 0 Å². The molecule has 0 atom stereocenters. The van der Waals surface area contributed by atoms with E-state index >= 15 is 0 Å². The maximum atomic E-state index is 11.7. The van der Waals surface area contributed by atoms with Crippen molar-refractivity contribution in [3.8, 4) is 0 Å². The fourth-order valence-corrected chi connectivity index (χ4v) is 2.68. The van der Waals surface area contributed by atoms with Crippen LogP contribution in [-0.4, -0.2) is 9.55 Å². The van der Waals surface area contributed by atoms with Crippen LogP contribution in [0.25, 0.3) is 0 Å². The molecule has 2 saturated carbocycles. The average Bonchev–Trinajstić information content (AvgIpc) is 3.03. The Balaban J connectivity index is 1.95. The van der Waals surface area contributed by atoms with E-state index < -0.39 is 0 Å². The zero-order valence-corrected chi connectivity index (χ0v) is 9.59. The molecular formula is C11H13ClN2O2. The van der Waals surface area contributed by atoms with Crippen LogP contribution in [0.15, 0.2) is 15.7 Å². The molecule has 0 spiro atoms. The number of aromatic nitrogens is 2. The van der Waals surface area contributed by atoms with E-state index in [4.69, 9.17) is 11.6 Å². The summed E-state index contributed by atoms with van der Waals surface area (Å²) in [4.78, 5) is 25.8. The Morgan fingerprint density at radius 1 is 1.44 bits per heavy atom. The maximum Gasteiger partial charge on any atom is 0.329 e. The van der Waals surface area contributed by atoms with Gasteiger partial charge >= 0.3 is 5.69 Å². The monoisotopic (exact) mass is 240 g/mol. The molecule has 2 fully saturated rings. The van der Waals surface area contributed by atoms with Crippen molar-refractivity contribution < 1.29 is 0 Å². The lowest BCUT2D eigenvalue weighted by Crippen LogP contribution is -2.37. The van der Waals surface area contributed by atoms with Crippen LogP contribution >= 0.6 is 11.6 Å². The summed E-state index contributed by atoms with van der Waals surface area (Å²) in [7, 11) is 0. The average molecular weight is 241 g/mol. The standard InChI is InChI=1S/C11H13ClN2O2/c12-8-5-9(15)14(10(16)13-8)6-11(3-4-11)7-1-2-7/h5,7H,1-4,6H2,(H,13,16).